The Bertz CT molecular complexity index is 1940. The number of benzene rings is 4. The van der Waals surface area contributed by atoms with Crippen molar-refractivity contribution >= 4 is 73.6 Å². The van der Waals surface area contributed by atoms with Gasteiger partial charge in [0.05, 0.1) is 33.1 Å². The number of aromatic nitrogens is 1. The van der Waals surface area contributed by atoms with Gasteiger partial charge in [0, 0.05) is 22.2 Å². The first kappa shape index (κ1) is 31.9. The summed E-state index contributed by atoms with van der Waals surface area (Å²) in [5.74, 6) is -0.733. The van der Waals surface area contributed by atoms with Gasteiger partial charge in [-0.2, -0.15) is 0 Å². The number of thioether (sulfide) groups is 1. The Morgan fingerprint density at radius 1 is 0.957 bits per heavy atom. The van der Waals surface area contributed by atoms with E-state index in [4.69, 9.17) is 4.74 Å². The van der Waals surface area contributed by atoms with Crippen molar-refractivity contribution in [3.05, 3.63) is 124 Å². The van der Waals surface area contributed by atoms with Gasteiger partial charge in [0.2, 0.25) is 5.91 Å². The Labute approximate surface area is 271 Å². The summed E-state index contributed by atoms with van der Waals surface area (Å²) in [7, 11) is 1.59. The van der Waals surface area contributed by atoms with Crippen LogP contribution in [0.1, 0.15) is 22.8 Å². The molecule has 1 atom stereocenters. The second kappa shape index (κ2) is 14.5. The van der Waals surface area contributed by atoms with E-state index in [0.29, 0.717) is 22.1 Å². The van der Waals surface area contributed by atoms with E-state index in [0.717, 1.165) is 15.1 Å². The van der Waals surface area contributed by atoms with Gasteiger partial charge >= 0.3 is 0 Å². The second-order valence-electron chi connectivity index (χ2n) is 9.77. The zero-order valence-electron chi connectivity index (χ0n) is 24.6. The number of nitrogens with one attached hydrogen (secondary N) is 3. The van der Waals surface area contributed by atoms with E-state index >= 15 is 0 Å². The number of thiazole rings is 1. The number of rotatable bonds is 11. The number of para-hydroxylation sites is 1. The first-order chi connectivity index (χ1) is 22.2. The summed E-state index contributed by atoms with van der Waals surface area (Å²) in [6, 6.07) is 26.5. The molecule has 46 heavy (non-hydrogen) atoms. The second-order valence-corrected chi connectivity index (χ2v) is 12.2. The zero-order valence-corrected chi connectivity index (χ0v) is 26.2. The number of fused-ring (bicyclic) bond motifs is 1. The molecule has 13 heteroatoms. The van der Waals surface area contributed by atoms with Crippen LogP contribution in [0.3, 0.4) is 0 Å². The van der Waals surface area contributed by atoms with Crippen LogP contribution in [0.5, 0.6) is 5.75 Å². The van der Waals surface area contributed by atoms with Gasteiger partial charge in [0.15, 0.2) is 5.13 Å². The van der Waals surface area contributed by atoms with Crippen molar-refractivity contribution in [3.63, 3.8) is 0 Å². The minimum atomic E-state index is -0.677. The molecule has 0 saturated heterocycles. The van der Waals surface area contributed by atoms with Gasteiger partial charge in [-0.05, 0) is 73.7 Å². The number of carbonyl (C=O) groups is 3. The molecule has 0 aliphatic rings. The third-order valence-corrected chi connectivity index (χ3v) is 8.63. The lowest BCUT2D eigenvalue weighted by Gasteiger charge is -2.13. The fourth-order valence-electron chi connectivity index (χ4n) is 4.24. The maximum Gasteiger partial charge on any atom is 0.276 e. The number of hydrogen-bond donors (Lipinski definition) is 3. The summed E-state index contributed by atoms with van der Waals surface area (Å²) in [5.41, 5.74) is 1.24. The molecular formula is C33H27N5O6S2. The third-order valence-electron chi connectivity index (χ3n) is 6.58. The molecule has 3 N–H and O–H groups in total. The standard InChI is InChI=1S/C33H27N5O6S2/c1-20(30(39)37-33-36-26-17-14-24(44-2)19-29(26)46-33)45-25-15-12-23(13-16-25)34-32(41)27(35-31(40)21-8-4-3-5-9-21)18-22-10-6-7-11-28(22)38(42)43/h3-20H,1-2H3,(H,34,41)(H,35,40)(H,36,37,39)/b27-18-. The molecule has 0 radical (unpaired) electrons. The van der Waals surface area contributed by atoms with Crippen LogP contribution in [0, 0.1) is 10.1 Å². The van der Waals surface area contributed by atoms with Crippen molar-refractivity contribution in [1.82, 2.24) is 10.3 Å². The molecule has 0 bridgehead atoms. The number of carbonyl (C=O) groups excluding carboxylic acids is 3. The van der Waals surface area contributed by atoms with Gasteiger partial charge in [0.1, 0.15) is 11.4 Å². The summed E-state index contributed by atoms with van der Waals surface area (Å²) in [5, 5.41) is 19.8. The highest BCUT2D eigenvalue weighted by Crippen LogP contribution is 2.31. The summed E-state index contributed by atoms with van der Waals surface area (Å²) in [4.78, 5) is 55.4. The van der Waals surface area contributed by atoms with Crippen molar-refractivity contribution in [2.75, 3.05) is 17.7 Å². The van der Waals surface area contributed by atoms with Crippen LogP contribution in [0.4, 0.5) is 16.5 Å². The Morgan fingerprint density at radius 3 is 2.39 bits per heavy atom. The van der Waals surface area contributed by atoms with Crippen LogP contribution in [0.15, 0.2) is 108 Å². The van der Waals surface area contributed by atoms with E-state index in [1.54, 1.807) is 74.7 Å². The summed E-state index contributed by atoms with van der Waals surface area (Å²) in [6.07, 6.45) is 1.26. The van der Waals surface area contributed by atoms with E-state index in [1.807, 2.05) is 18.2 Å². The summed E-state index contributed by atoms with van der Waals surface area (Å²) >= 11 is 2.69. The average molecular weight is 654 g/mol. The minimum Gasteiger partial charge on any atom is -0.497 e. The van der Waals surface area contributed by atoms with E-state index in [9.17, 15) is 24.5 Å². The van der Waals surface area contributed by atoms with Crippen LogP contribution in [0.25, 0.3) is 16.3 Å². The van der Waals surface area contributed by atoms with E-state index in [-0.39, 0.29) is 22.9 Å². The molecule has 0 fully saturated rings. The van der Waals surface area contributed by atoms with E-state index < -0.39 is 22.0 Å². The Kier molecular flexibility index (Phi) is 10.0. The topological polar surface area (TPSA) is 153 Å². The van der Waals surface area contributed by atoms with Gasteiger partial charge < -0.3 is 20.7 Å². The molecule has 232 valence electrons. The molecule has 11 nitrogen and oxygen atoms in total. The molecule has 0 saturated carbocycles. The molecule has 4 aromatic carbocycles. The molecule has 5 aromatic rings. The number of amides is 3. The first-order valence-corrected chi connectivity index (χ1v) is 15.5. The maximum absolute atomic E-state index is 13.4. The number of nitro groups is 1. The Hall–Kier alpha value is -5.53. The molecule has 1 heterocycles. The van der Waals surface area contributed by atoms with Gasteiger partial charge in [-0.25, -0.2) is 4.98 Å². The van der Waals surface area contributed by atoms with Crippen LogP contribution in [0.2, 0.25) is 0 Å². The monoisotopic (exact) mass is 653 g/mol. The summed E-state index contributed by atoms with van der Waals surface area (Å²) in [6.45, 7) is 1.78. The minimum absolute atomic E-state index is 0.149. The van der Waals surface area contributed by atoms with Gasteiger partial charge in [0.25, 0.3) is 17.5 Å². The molecule has 1 unspecified atom stereocenters. The van der Waals surface area contributed by atoms with Crippen molar-refractivity contribution in [2.24, 2.45) is 0 Å². The number of methoxy groups -OCH3 is 1. The third kappa shape index (κ3) is 7.94. The SMILES string of the molecule is COc1ccc2nc(NC(=O)C(C)Sc3ccc(NC(=O)/C(=C/c4ccccc4[N+](=O)[O-])NC(=O)c4ccccc4)cc3)sc2c1. The van der Waals surface area contributed by atoms with Crippen LogP contribution < -0.4 is 20.7 Å². The maximum atomic E-state index is 13.4. The van der Waals surface area contributed by atoms with Gasteiger partial charge in [-0.3, -0.25) is 24.5 Å². The van der Waals surface area contributed by atoms with Crippen molar-refractivity contribution in [1.29, 1.82) is 0 Å². The van der Waals surface area contributed by atoms with Crippen molar-refractivity contribution < 1.29 is 24.0 Å². The number of ether oxygens (including phenoxy) is 1. The van der Waals surface area contributed by atoms with E-state index in [2.05, 4.69) is 20.9 Å². The lowest BCUT2D eigenvalue weighted by molar-refractivity contribution is -0.385. The predicted molar refractivity (Wildman–Crippen MR) is 180 cm³/mol. The largest absolute Gasteiger partial charge is 0.497 e. The van der Waals surface area contributed by atoms with E-state index in [1.165, 1.54) is 47.4 Å². The van der Waals surface area contributed by atoms with Crippen LogP contribution in [-0.4, -0.2) is 40.0 Å². The number of nitrogens with zero attached hydrogens (tertiary/aromatic N) is 2. The molecule has 0 spiro atoms. The lowest BCUT2D eigenvalue weighted by Crippen LogP contribution is -2.30. The number of nitro benzene ring substituents is 1. The lowest BCUT2D eigenvalue weighted by atomic mass is 10.1. The highest BCUT2D eigenvalue weighted by molar-refractivity contribution is 8.00. The fourth-order valence-corrected chi connectivity index (χ4v) is 6.00. The van der Waals surface area contributed by atoms with Gasteiger partial charge in [-0.15, -0.1) is 11.8 Å². The molecule has 0 aliphatic heterocycles. The normalized spacial score (nSPS) is 11.8. The van der Waals surface area contributed by atoms with Crippen LogP contribution in [-0.2, 0) is 9.59 Å². The van der Waals surface area contributed by atoms with Crippen molar-refractivity contribution in [3.8, 4) is 5.75 Å². The predicted octanol–water partition coefficient (Wildman–Crippen LogP) is 6.74. The number of anilines is 2. The molecule has 5 rings (SSSR count). The zero-order chi connectivity index (χ0) is 32.6. The first-order valence-electron chi connectivity index (χ1n) is 13.8. The fraction of sp³-hybridized carbons (Fsp3) is 0.0909. The number of hydrogen-bond acceptors (Lipinski definition) is 9. The molecule has 1 aromatic heterocycles. The van der Waals surface area contributed by atoms with Gasteiger partial charge in [-0.1, -0.05) is 41.7 Å². The molecule has 0 aliphatic carbocycles. The highest BCUT2D eigenvalue weighted by Gasteiger charge is 2.20. The van der Waals surface area contributed by atoms with Crippen LogP contribution >= 0.6 is 23.1 Å². The quantitative estimate of drug-likeness (QED) is 0.0613. The summed E-state index contributed by atoms with van der Waals surface area (Å²) < 4.78 is 6.15. The Balaban J connectivity index is 1.26. The average Bonchev–Trinajstić information content (AvgIpc) is 3.47. The highest BCUT2D eigenvalue weighted by atomic mass is 32.2. The Morgan fingerprint density at radius 2 is 1.67 bits per heavy atom. The molecule has 3 amide bonds. The molecular weight excluding hydrogens is 627 g/mol. The van der Waals surface area contributed by atoms with Crippen molar-refractivity contribution in [2.45, 2.75) is 17.1 Å². The smallest absolute Gasteiger partial charge is 0.276 e.